The van der Waals surface area contributed by atoms with Crippen LogP contribution in [-0.4, -0.2) is 18.6 Å². The molecule has 1 aromatic rings. The second-order valence-corrected chi connectivity index (χ2v) is 4.67. The van der Waals surface area contributed by atoms with Gasteiger partial charge in [0, 0.05) is 17.6 Å². The van der Waals surface area contributed by atoms with Crippen molar-refractivity contribution in [2.45, 2.75) is 25.5 Å². The Bertz CT molecular complexity index is 375. The van der Waals surface area contributed by atoms with Crippen molar-refractivity contribution in [1.82, 2.24) is 5.32 Å². The van der Waals surface area contributed by atoms with Crippen LogP contribution in [0.25, 0.3) is 0 Å². The summed E-state index contributed by atoms with van der Waals surface area (Å²) in [6, 6.07) is 7.86. The molecular weight excluding hydrogens is 270 g/mol. The number of benzene rings is 1. The number of hydrogen-bond acceptors (Lipinski definition) is 2. The van der Waals surface area contributed by atoms with Crippen molar-refractivity contribution < 1.29 is 9.53 Å². The van der Waals surface area contributed by atoms with Crippen molar-refractivity contribution in [3.8, 4) is 0 Å². The number of hydrogen-bond donors (Lipinski definition) is 1. The van der Waals surface area contributed by atoms with Crippen molar-refractivity contribution >= 4 is 21.8 Å². The molecule has 2 rings (SSSR count). The third kappa shape index (κ3) is 2.83. The lowest BCUT2D eigenvalue weighted by molar-refractivity contribution is -0.130. The smallest absolute Gasteiger partial charge is 0.249 e. The molecule has 1 fully saturated rings. The van der Waals surface area contributed by atoms with Crippen LogP contribution in [0, 0.1) is 0 Å². The largest absolute Gasteiger partial charge is 0.368 e. The van der Waals surface area contributed by atoms with Crippen LogP contribution in [0.4, 0.5) is 0 Å². The van der Waals surface area contributed by atoms with E-state index in [1.54, 1.807) is 0 Å². The fraction of sp³-hybridized carbons (Fsp3) is 0.417. The maximum absolute atomic E-state index is 11.7. The van der Waals surface area contributed by atoms with Crippen LogP contribution in [-0.2, 0) is 16.1 Å². The predicted octanol–water partition coefficient (Wildman–Crippen LogP) is 2.24. The summed E-state index contributed by atoms with van der Waals surface area (Å²) in [5.41, 5.74) is 1.08. The van der Waals surface area contributed by atoms with E-state index in [1.807, 2.05) is 24.3 Å². The lowest BCUT2D eigenvalue weighted by atomic mass is 10.2. The van der Waals surface area contributed by atoms with Gasteiger partial charge in [-0.25, -0.2) is 0 Å². The van der Waals surface area contributed by atoms with Crippen LogP contribution < -0.4 is 5.32 Å². The average molecular weight is 284 g/mol. The Morgan fingerprint density at radius 1 is 1.50 bits per heavy atom. The highest BCUT2D eigenvalue weighted by atomic mass is 79.9. The van der Waals surface area contributed by atoms with Crippen molar-refractivity contribution in [3.05, 3.63) is 34.3 Å². The molecule has 1 aliphatic heterocycles. The number of carbonyl (C=O) groups is 1. The van der Waals surface area contributed by atoms with E-state index < -0.39 is 0 Å². The summed E-state index contributed by atoms with van der Waals surface area (Å²) in [6.45, 7) is 1.24. The Labute approximate surface area is 103 Å². The highest BCUT2D eigenvalue weighted by molar-refractivity contribution is 9.10. The molecule has 0 aliphatic carbocycles. The summed E-state index contributed by atoms with van der Waals surface area (Å²) in [7, 11) is 0. The van der Waals surface area contributed by atoms with Gasteiger partial charge in [-0.05, 0) is 24.5 Å². The van der Waals surface area contributed by atoms with Crippen molar-refractivity contribution in [2.75, 3.05) is 6.61 Å². The Morgan fingerprint density at radius 2 is 2.31 bits per heavy atom. The monoisotopic (exact) mass is 283 g/mol. The fourth-order valence-corrected chi connectivity index (χ4v) is 2.15. The Kier molecular flexibility index (Phi) is 3.96. The number of amides is 1. The first-order chi connectivity index (χ1) is 7.77. The van der Waals surface area contributed by atoms with Gasteiger partial charge in [0.1, 0.15) is 6.10 Å². The number of halogens is 1. The maximum Gasteiger partial charge on any atom is 0.249 e. The van der Waals surface area contributed by atoms with E-state index in [-0.39, 0.29) is 12.0 Å². The molecule has 0 unspecified atom stereocenters. The van der Waals surface area contributed by atoms with Gasteiger partial charge in [-0.15, -0.1) is 0 Å². The molecule has 86 valence electrons. The first-order valence-electron chi connectivity index (χ1n) is 5.40. The molecule has 1 atom stereocenters. The van der Waals surface area contributed by atoms with E-state index in [0.717, 1.165) is 22.9 Å². The standard InChI is InChI=1S/C12H14BrNO2/c13-10-5-2-1-4-9(10)8-14-12(15)11-6-3-7-16-11/h1-2,4-5,11H,3,6-8H2,(H,14,15)/t11-/m0/s1. The highest BCUT2D eigenvalue weighted by Crippen LogP contribution is 2.16. The third-order valence-corrected chi connectivity index (χ3v) is 3.41. The Hall–Kier alpha value is -0.870. The molecule has 1 N–H and O–H groups in total. The molecule has 1 saturated heterocycles. The van der Waals surface area contributed by atoms with Crippen molar-refractivity contribution in [2.24, 2.45) is 0 Å². The van der Waals surface area contributed by atoms with Gasteiger partial charge in [-0.1, -0.05) is 34.1 Å². The van der Waals surface area contributed by atoms with Gasteiger partial charge >= 0.3 is 0 Å². The van der Waals surface area contributed by atoms with E-state index in [2.05, 4.69) is 21.2 Å². The lowest BCUT2D eigenvalue weighted by Crippen LogP contribution is -2.33. The predicted molar refractivity (Wildman–Crippen MR) is 65.0 cm³/mol. The molecule has 1 heterocycles. The summed E-state index contributed by atoms with van der Waals surface area (Å²) in [5, 5.41) is 2.89. The summed E-state index contributed by atoms with van der Waals surface area (Å²) < 4.78 is 6.33. The van der Waals surface area contributed by atoms with E-state index in [1.165, 1.54) is 0 Å². The van der Waals surface area contributed by atoms with Gasteiger partial charge in [0.25, 0.3) is 0 Å². The van der Waals surface area contributed by atoms with Gasteiger partial charge in [-0.2, -0.15) is 0 Å². The van der Waals surface area contributed by atoms with Gasteiger partial charge in [0.05, 0.1) is 0 Å². The van der Waals surface area contributed by atoms with Crippen molar-refractivity contribution in [1.29, 1.82) is 0 Å². The van der Waals surface area contributed by atoms with E-state index in [0.29, 0.717) is 13.2 Å². The number of rotatable bonds is 3. The van der Waals surface area contributed by atoms with E-state index in [9.17, 15) is 4.79 Å². The van der Waals surface area contributed by atoms with E-state index in [4.69, 9.17) is 4.74 Å². The SMILES string of the molecule is O=C(NCc1ccccc1Br)[C@@H]1CCCO1. The molecule has 0 spiro atoms. The van der Waals surface area contributed by atoms with Gasteiger partial charge in [0.15, 0.2) is 0 Å². The number of nitrogens with one attached hydrogen (secondary N) is 1. The van der Waals surface area contributed by atoms with Gasteiger partial charge in [0.2, 0.25) is 5.91 Å². The normalized spacial score (nSPS) is 19.7. The molecule has 0 bridgehead atoms. The fourth-order valence-electron chi connectivity index (χ4n) is 1.72. The zero-order chi connectivity index (χ0) is 11.4. The molecule has 16 heavy (non-hydrogen) atoms. The highest BCUT2D eigenvalue weighted by Gasteiger charge is 2.23. The quantitative estimate of drug-likeness (QED) is 0.924. The second-order valence-electron chi connectivity index (χ2n) is 3.81. The molecule has 0 saturated carbocycles. The zero-order valence-corrected chi connectivity index (χ0v) is 10.5. The molecule has 0 radical (unpaired) electrons. The summed E-state index contributed by atoms with van der Waals surface area (Å²) >= 11 is 3.45. The minimum Gasteiger partial charge on any atom is -0.368 e. The summed E-state index contributed by atoms with van der Waals surface area (Å²) in [4.78, 5) is 11.7. The molecule has 0 aromatic heterocycles. The lowest BCUT2D eigenvalue weighted by Gasteiger charge is -2.11. The number of ether oxygens (including phenoxy) is 1. The Morgan fingerprint density at radius 3 is 3.00 bits per heavy atom. The van der Waals surface area contributed by atoms with Crippen LogP contribution in [0.5, 0.6) is 0 Å². The minimum atomic E-state index is -0.248. The van der Waals surface area contributed by atoms with Crippen LogP contribution in [0.1, 0.15) is 18.4 Å². The maximum atomic E-state index is 11.7. The minimum absolute atomic E-state index is 0.00625. The zero-order valence-electron chi connectivity index (χ0n) is 8.91. The molecular formula is C12H14BrNO2. The van der Waals surface area contributed by atoms with Crippen molar-refractivity contribution in [3.63, 3.8) is 0 Å². The van der Waals surface area contributed by atoms with Crippen LogP contribution >= 0.6 is 15.9 Å². The van der Waals surface area contributed by atoms with E-state index >= 15 is 0 Å². The molecule has 1 amide bonds. The Balaban J connectivity index is 1.87. The third-order valence-electron chi connectivity index (χ3n) is 2.63. The first kappa shape index (κ1) is 11.6. The number of carbonyl (C=O) groups excluding carboxylic acids is 1. The molecule has 4 heteroatoms. The molecule has 1 aliphatic rings. The van der Waals surface area contributed by atoms with Crippen LogP contribution in [0.15, 0.2) is 28.7 Å². The summed E-state index contributed by atoms with van der Waals surface area (Å²) in [6.07, 6.45) is 1.57. The topological polar surface area (TPSA) is 38.3 Å². The average Bonchev–Trinajstić information content (AvgIpc) is 2.81. The molecule has 3 nitrogen and oxygen atoms in total. The van der Waals surface area contributed by atoms with Gasteiger partial charge in [-0.3, -0.25) is 4.79 Å². The van der Waals surface area contributed by atoms with Crippen LogP contribution in [0.3, 0.4) is 0 Å². The first-order valence-corrected chi connectivity index (χ1v) is 6.19. The summed E-state index contributed by atoms with van der Waals surface area (Å²) in [5.74, 6) is -0.00625. The van der Waals surface area contributed by atoms with Crippen LogP contribution in [0.2, 0.25) is 0 Å². The second kappa shape index (κ2) is 5.46. The van der Waals surface area contributed by atoms with Gasteiger partial charge < -0.3 is 10.1 Å². The molecule has 1 aromatic carbocycles.